The number of amides is 1. The van der Waals surface area contributed by atoms with Gasteiger partial charge in [-0.3, -0.25) is 4.79 Å². The van der Waals surface area contributed by atoms with Gasteiger partial charge in [-0.15, -0.1) is 0 Å². The number of pyridine rings is 1. The van der Waals surface area contributed by atoms with Crippen molar-refractivity contribution in [3.63, 3.8) is 0 Å². The monoisotopic (exact) mass is 352 g/mol. The summed E-state index contributed by atoms with van der Waals surface area (Å²) in [6, 6.07) is 8.82. The summed E-state index contributed by atoms with van der Waals surface area (Å²) in [6.07, 6.45) is 1.59. The number of rotatable bonds is 1. The molecule has 4 nitrogen and oxygen atoms in total. The molecule has 6 heteroatoms. The van der Waals surface area contributed by atoms with Crippen LogP contribution in [0.3, 0.4) is 0 Å². The number of nitrogens with zero attached hydrogens (tertiary/aromatic N) is 2. The van der Waals surface area contributed by atoms with E-state index in [0.717, 1.165) is 4.47 Å². The number of anilines is 1. The smallest absolute Gasteiger partial charge is 0.262 e. The predicted octanol–water partition coefficient (Wildman–Crippen LogP) is 3.54. The summed E-state index contributed by atoms with van der Waals surface area (Å²) in [7, 11) is 0. The lowest BCUT2D eigenvalue weighted by Crippen LogP contribution is -2.32. The van der Waals surface area contributed by atoms with Crippen molar-refractivity contribution in [2.45, 2.75) is 0 Å². The van der Waals surface area contributed by atoms with Crippen LogP contribution >= 0.6 is 27.5 Å². The average Bonchev–Trinajstić information content (AvgIpc) is 2.59. The Kier molecular flexibility index (Phi) is 3.63. The van der Waals surface area contributed by atoms with Gasteiger partial charge in [0.1, 0.15) is 17.5 Å². The van der Waals surface area contributed by atoms with E-state index in [1.54, 1.807) is 35.4 Å². The van der Waals surface area contributed by atoms with Gasteiger partial charge in [0.25, 0.3) is 5.91 Å². The summed E-state index contributed by atoms with van der Waals surface area (Å²) >= 11 is 9.15. The molecular formula is C14H10BrClN2O2. The van der Waals surface area contributed by atoms with Crippen molar-refractivity contribution in [2.24, 2.45) is 0 Å². The Bertz CT molecular complexity index is 661. The Morgan fingerprint density at radius 1 is 1.30 bits per heavy atom. The third-order valence-electron chi connectivity index (χ3n) is 3.02. The van der Waals surface area contributed by atoms with Gasteiger partial charge in [-0.05, 0) is 30.3 Å². The molecule has 102 valence electrons. The van der Waals surface area contributed by atoms with Gasteiger partial charge in [0.05, 0.1) is 24.0 Å². The van der Waals surface area contributed by atoms with Gasteiger partial charge in [0, 0.05) is 4.47 Å². The fourth-order valence-electron chi connectivity index (χ4n) is 2.06. The summed E-state index contributed by atoms with van der Waals surface area (Å²) in [5.74, 6) is 0.489. The van der Waals surface area contributed by atoms with Crippen LogP contribution in [-0.4, -0.2) is 24.0 Å². The van der Waals surface area contributed by atoms with Gasteiger partial charge < -0.3 is 9.64 Å². The van der Waals surface area contributed by atoms with Crippen molar-refractivity contribution in [1.29, 1.82) is 0 Å². The zero-order valence-electron chi connectivity index (χ0n) is 10.3. The van der Waals surface area contributed by atoms with Crippen LogP contribution < -0.4 is 9.64 Å². The number of ether oxygens (including phenoxy) is 1. The largest absolute Gasteiger partial charge is 0.491 e. The van der Waals surface area contributed by atoms with Gasteiger partial charge in [-0.1, -0.05) is 27.5 Å². The van der Waals surface area contributed by atoms with E-state index < -0.39 is 0 Å². The average molecular weight is 354 g/mol. The Hall–Kier alpha value is -1.59. The second kappa shape index (κ2) is 5.42. The van der Waals surface area contributed by atoms with Crippen LogP contribution in [0.5, 0.6) is 5.75 Å². The maximum Gasteiger partial charge on any atom is 0.262 e. The summed E-state index contributed by atoms with van der Waals surface area (Å²) in [4.78, 5) is 18.3. The third-order valence-corrected chi connectivity index (χ3v) is 3.73. The van der Waals surface area contributed by atoms with Crippen molar-refractivity contribution in [2.75, 3.05) is 18.1 Å². The summed E-state index contributed by atoms with van der Waals surface area (Å²) < 4.78 is 6.52. The number of carbonyl (C=O) groups excluding carboxylic acids is 1. The summed E-state index contributed by atoms with van der Waals surface area (Å²) in [6.45, 7) is 0.895. The van der Waals surface area contributed by atoms with E-state index in [2.05, 4.69) is 20.9 Å². The van der Waals surface area contributed by atoms with Gasteiger partial charge in [0.2, 0.25) is 0 Å². The first-order valence-electron chi connectivity index (χ1n) is 6.01. The molecule has 1 aromatic carbocycles. The van der Waals surface area contributed by atoms with E-state index in [0.29, 0.717) is 35.3 Å². The SMILES string of the molecule is O=C1c2ccc(Br)cc2OCCN1c1ccc(Cl)nc1. The lowest BCUT2D eigenvalue weighted by atomic mass is 10.1. The third kappa shape index (κ3) is 2.51. The van der Waals surface area contributed by atoms with Crippen LogP contribution in [0.1, 0.15) is 10.4 Å². The molecule has 1 aromatic heterocycles. The minimum atomic E-state index is -0.103. The molecule has 1 aliphatic rings. The van der Waals surface area contributed by atoms with E-state index >= 15 is 0 Å². The molecule has 3 rings (SSSR count). The molecule has 0 saturated heterocycles. The lowest BCUT2D eigenvalue weighted by Gasteiger charge is -2.19. The molecule has 0 N–H and O–H groups in total. The molecule has 2 aromatic rings. The van der Waals surface area contributed by atoms with Crippen LogP contribution in [0.25, 0.3) is 0 Å². The van der Waals surface area contributed by atoms with Crippen LogP contribution in [0.15, 0.2) is 41.0 Å². The maximum absolute atomic E-state index is 12.6. The number of aromatic nitrogens is 1. The molecule has 1 amide bonds. The van der Waals surface area contributed by atoms with E-state index in [1.165, 1.54) is 0 Å². The van der Waals surface area contributed by atoms with Crippen molar-refractivity contribution >= 4 is 39.1 Å². The van der Waals surface area contributed by atoms with E-state index in [9.17, 15) is 4.79 Å². The summed E-state index contributed by atoms with van der Waals surface area (Å²) in [5, 5.41) is 0.400. The Morgan fingerprint density at radius 3 is 2.90 bits per heavy atom. The topological polar surface area (TPSA) is 42.4 Å². The number of benzene rings is 1. The first-order chi connectivity index (χ1) is 9.65. The first kappa shape index (κ1) is 13.4. The molecule has 0 aliphatic carbocycles. The van der Waals surface area contributed by atoms with Crippen LogP contribution in [0, 0.1) is 0 Å². The first-order valence-corrected chi connectivity index (χ1v) is 7.18. The van der Waals surface area contributed by atoms with E-state index in [-0.39, 0.29) is 5.91 Å². The highest BCUT2D eigenvalue weighted by molar-refractivity contribution is 9.10. The van der Waals surface area contributed by atoms with Crippen LogP contribution in [-0.2, 0) is 0 Å². The lowest BCUT2D eigenvalue weighted by molar-refractivity contribution is 0.0990. The predicted molar refractivity (Wildman–Crippen MR) is 80.6 cm³/mol. The fraction of sp³-hybridized carbons (Fsp3) is 0.143. The molecule has 1 aliphatic heterocycles. The minimum Gasteiger partial charge on any atom is -0.491 e. The zero-order valence-corrected chi connectivity index (χ0v) is 12.7. The molecule has 2 heterocycles. The molecule has 0 bridgehead atoms. The zero-order chi connectivity index (χ0) is 14.1. The second-order valence-electron chi connectivity index (χ2n) is 4.28. The second-order valence-corrected chi connectivity index (χ2v) is 5.59. The number of halogens is 2. The maximum atomic E-state index is 12.6. The quantitative estimate of drug-likeness (QED) is 0.737. The normalized spacial score (nSPS) is 14.5. The van der Waals surface area contributed by atoms with Gasteiger partial charge in [0.15, 0.2) is 0 Å². The van der Waals surface area contributed by atoms with Crippen molar-refractivity contribution < 1.29 is 9.53 Å². The van der Waals surface area contributed by atoms with Crippen molar-refractivity contribution in [3.8, 4) is 5.75 Å². The number of hydrogen-bond acceptors (Lipinski definition) is 3. The molecule has 0 radical (unpaired) electrons. The number of hydrogen-bond donors (Lipinski definition) is 0. The molecule has 0 fully saturated rings. The molecule has 0 atom stereocenters. The Morgan fingerprint density at radius 2 is 2.15 bits per heavy atom. The van der Waals surface area contributed by atoms with Crippen LogP contribution in [0.2, 0.25) is 5.15 Å². The highest BCUT2D eigenvalue weighted by Gasteiger charge is 2.24. The molecular weight excluding hydrogens is 344 g/mol. The van der Waals surface area contributed by atoms with E-state index in [1.807, 2.05) is 6.07 Å². The summed E-state index contributed by atoms with van der Waals surface area (Å²) in [5.41, 5.74) is 1.25. The molecule has 0 unspecified atom stereocenters. The number of carbonyl (C=O) groups is 1. The van der Waals surface area contributed by atoms with Gasteiger partial charge >= 0.3 is 0 Å². The van der Waals surface area contributed by atoms with Gasteiger partial charge in [-0.2, -0.15) is 0 Å². The Labute approximate surface area is 129 Å². The van der Waals surface area contributed by atoms with Crippen molar-refractivity contribution in [1.82, 2.24) is 4.98 Å². The highest BCUT2D eigenvalue weighted by atomic mass is 79.9. The van der Waals surface area contributed by atoms with Crippen LogP contribution in [0.4, 0.5) is 5.69 Å². The van der Waals surface area contributed by atoms with Gasteiger partial charge in [-0.25, -0.2) is 4.98 Å². The Balaban J connectivity index is 2.00. The molecule has 20 heavy (non-hydrogen) atoms. The number of fused-ring (bicyclic) bond motifs is 1. The van der Waals surface area contributed by atoms with E-state index in [4.69, 9.17) is 16.3 Å². The molecule has 0 spiro atoms. The minimum absolute atomic E-state index is 0.103. The standard InChI is InChI=1S/C14H10BrClN2O2/c15-9-1-3-11-12(7-9)20-6-5-18(14(11)19)10-2-4-13(16)17-8-10/h1-4,7-8H,5-6H2. The fourth-order valence-corrected chi connectivity index (χ4v) is 2.51. The van der Waals surface area contributed by atoms with Crippen molar-refractivity contribution in [3.05, 3.63) is 51.7 Å². The highest BCUT2D eigenvalue weighted by Crippen LogP contribution is 2.29. The molecule has 0 saturated carbocycles.